The number of nitrogens with one attached hydrogen (secondary N) is 1. The van der Waals surface area contributed by atoms with Crippen molar-refractivity contribution in [1.29, 1.82) is 0 Å². The molecule has 0 spiro atoms. The SMILES string of the molecule is NNCc1ccc(Cl)nn1. The fraction of sp³-hybridized carbons (Fsp3) is 0.200. The lowest BCUT2D eigenvalue weighted by atomic mass is 10.4. The standard InChI is InChI=1S/C5H7ClN4/c6-5-2-1-4(3-8-7)9-10-5/h1-2,8H,3,7H2. The van der Waals surface area contributed by atoms with E-state index in [2.05, 4.69) is 15.6 Å². The second-order valence-electron chi connectivity index (χ2n) is 1.73. The molecule has 0 radical (unpaired) electrons. The highest BCUT2D eigenvalue weighted by Crippen LogP contribution is 2.00. The Morgan fingerprint density at radius 1 is 1.50 bits per heavy atom. The second kappa shape index (κ2) is 3.46. The van der Waals surface area contributed by atoms with Crippen LogP contribution in [0.5, 0.6) is 0 Å². The van der Waals surface area contributed by atoms with Gasteiger partial charge < -0.3 is 0 Å². The molecule has 5 heteroatoms. The smallest absolute Gasteiger partial charge is 0.151 e. The van der Waals surface area contributed by atoms with Crippen LogP contribution in [0.4, 0.5) is 0 Å². The van der Waals surface area contributed by atoms with E-state index in [0.29, 0.717) is 11.7 Å². The van der Waals surface area contributed by atoms with E-state index in [9.17, 15) is 0 Å². The molecular weight excluding hydrogens is 152 g/mol. The van der Waals surface area contributed by atoms with Crippen LogP contribution in [-0.4, -0.2) is 10.2 Å². The van der Waals surface area contributed by atoms with E-state index in [1.807, 2.05) is 0 Å². The zero-order chi connectivity index (χ0) is 7.40. The predicted octanol–water partition coefficient (Wildman–Crippen LogP) is 0.0933. The first-order valence-corrected chi connectivity index (χ1v) is 3.12. The summed E-state index contributed by atoms with van der Waals surface area (Å²) in [5, 5.41) is 7.75. The van der Waals surface area contributed by atoms with Crippen LogP contribution in [0.15, 0.2) is 12.1 Å². The number of nitrogens with zero attached hydrogens (tertiary/aromatic N) is 2. The van der Waals surface area contributed by atoms with Crippen molar-refractivity contribution in [3.63, 3.8) is 0 Å². The Morgan fingerprint density at radius 3 is 2.80 bits per heavy atom. The maximum Gasteiger partial charge on any atom is 0.151 e. The molecule has 54 valence electrons. The number of halogens is 1. The maximum absolute atomic E-state index is 5.49. The third-order valence-corrected chi connectivity index (χ3v) is 1.17. The molecule has 0 aliphatic rings. The topological polar surface area (TPSA) is 63.8 Å². The zero-order valence-corrected chi connectivity index (χ0v) is 5.97. The number of aromatic nitrogens is 2. The summed E-state index contributed by atoms with van der Waals surface area (Å²) in [4.78, 5) is 0. The Morgan fingerprint density at radius 2 is 2.30 bits per heavy atom. The zero-order valence-electron chi connectivity index (χ0n) is 5.21. The highest BCUT2D eigenvalue weighted by molar-refractivity contribution is 6.29. The monoisotopic (exact) mass is 158 g/mol. The van der Waals surface area contributed by atoms with Crippen molar-refractivity contribution >= 4 is 11.6 Å². The van der Waals surface area contributed by atoms with E-state index in [0.717, 1.165) is 5.69 Å². The van der Waals surface area contributed by atoms with Gasteiger partial charge in [-0.25, -0.2) is 0 Å². The Balaban J connectivity index is 2.69. The van der Waals surface area contributed by atoms with Gasteiger partial charge in [-0.05, 0) is 12.1 Å². The molecule has 0 aromatic carbocycles. The largest absolute Gasteiger partial charge is 0.271 e. The van der Waals surface area contributed by atoms with Crippen molar-refractivity contribution in [2.75, 3.05) is 0 Å². The molecule has 0 atom stereocenters. The molecule has 0 fully saturated rings. The first-order valence-electron chi connectivity index (χ1n) is 2.74. The van der Waals surface area contributed by atoms with Gasteiger partial charge >= 0.3 is 0 Å². The van der Waals surface area contributed by atoms with Crippen LogP contribution in [0.2, 0.25) is 5.15 Å². The summed E-state index contributed by atoms with van der Waals surface area (Å²) in [6.07, 6.45) is 0. The summed E-state index contributed by atoms with van der Waals surface area (Å²) < 4.78 is 0. The van der Waals surface area contributed by atoms with Crippen LogP contribution in [0, 0.1) is 0 Å². The molecular formula is C5H7ClN4. The van der Waals surface area contributed by atoms with Crippen LogP contribution in [0.25, 0.3) is 0 Å². The molecule has 1 aromatic heterocycles. The number of hydrazine groups is 1. The molecule has 0 amide bonds. The highest BCUT2D eigenvalue weighted by atomic mass is 35.5. The Bertz CT molecular complexity index is 197. The fourth-order valence-corrected chi connectivity index (χ4v) is 0.643. The number of hydrogen-bond donors (Lipinski definition) is 2. The van der Waals surface area contributed by atoms with Gasteiger partial charge in [-0.3, -0.25) is 11.3 Å². The molecule has 0 aliphatic heterocycles. The molecule has 1 heterocycles. The van der Waals surface area contributed by atoms with E-state index < -0.39 is 0 Å². The van der Waals surface area contributed by atoms with Gasteiger partial charge in [0.05, 0.1) is 12.2 Å². The van der Waals surface area contributed by atoms with E-state index >= 15 is 0 Å². The summed E-state index contributed by atoms with van der Waals surface area (Å²) in [5.41, 5.74) is 3.23. The third kappa shape index (κ3) is 1.91. The summed E-state index contributed by atoms with van der Waals surface area (Å²) in [7, 11) is 0. The Kier molecular flexibility index (Phi) is 2.56. The van der Waals surface area contributed by atoms with Gasteiger partial charge in [0.1, 0.15) is 0 Å². The fourth-order valence-electron chi connectivity index (χ4n) is 0.542. The van der Waals surface area contributed by atoms with Crippen LogP contribution in [0.1, 0.15) is 5.69 Å². The molecule has 0 aliphatic carbocycles. The lowest BCUT2D eigenvalue weighted by Gasteiger charge is -1.95. The van der Waals surface area contributed by atoms with E-state index in [-0.39, 0.29) is 0 Å². The predicted molar refractivity (Wildman–Crippen MR) is 38.1 cm³/mol. The number of rotatable bonds is 2. The first kappa shape index (κ1) is 7.40. The molecule has 10 heavy (non-hydrogen) atoms. The van der Waals surface area contributed by atoms with Crippen molar-refractivity contribution in [1.82, 2.24) is 15.6 Å². The molecule has 0 bridgehead atoms. The lowest BCUT2D eigenvalue weighted by molar-refractivity contribution is 0.709. The molecule has 4 nitrogen and oxygen atoms in total. The van der Waals surface area contributed by atoms with Crippen molar-refractivity contribution < 1.29 is 0 Å². The van der Waals surface area contributed by atoms with Crippen molar-refractivity contribution in [2.24, 2.45) is 5.84 Å². The minimum Gasteiger partial charge on any atom is -0.271 e. The van der Waals surface area contributed by atoms with E-state index in [4.69, 9.17) is 17.4 Å². The molecule has 0 saturated heterocycles. The van der Waals surface area contributed by atoms with E-state index in [1.165, 1.54) is 0 Å². The van der Waals surface area contributed by atoms with Gasteiger partial charge in [-0.2, -0.15) is 5.10 Å². The summed E-state index contributed by atoms with van der Waals surface area (Å²) >= 11 is 5.49. The highest BCUT2D eigenvalue weighted by Gasteiger charge is 1.92. The molecule has 1 aromatic rings. The van der Waals surface area contributed by atoms with Gasteiger partial charge in [-0.1, -0.05) is 11.6 Å². The lowest BCUT2D eigenvalue weighted by Crippen LogP contribution is -2.21. The summed E-state index contributed by atoms with van der Waals surface area (Å²) in [5.74, 6) is 5.05. The summed E-state index contributed by atoms with van der Waals surface area (Å²) in [6.45, 7) is 0.504. The quantitative estimate of drug-likeness (QED) is 0.473. The van der Waals surface area contributed by atoms with Crippen molar-refractivity contribution in [3.05, 3.63) is 23.0 Å². The molecule has 0 saturated carbocycles. The van der Waals surface area contributed by atoms with Gasteiger partial charge in [0, 0.05) is 0 Å². The normalized spacial score (nSPS) is 9.80. The van der Waals surface area contributed by atoms with Gasteiger partial charge in [-0.15, -0.1) is 5.10 Å². The Labute approximate surface area is 63.4 Å². The minimum atomic E-state index is 0.390. The van der Waals surface area contributed by atoms with E-state index in [1.54, 1.807) is 12.1 Å². The van der Waals surface area contributed by atoms with Crippen LogP contribution in [-0.2, 0) is 6.54 Å². The van der Waals surface area contributed by atoms with Gasteiger partial charge in [0.2, 0.25) is 0 Å². The number of hydrogen-bond acceptors (Lipinski definition) is 4. The van der Waals surface area contributed by atoms with Crippen LogP contribution >= 0.6 is 11.6 Å². The summed E-state index contributed by atoms with van der Waals surface area (Å²) in [6, 6.07) is 3.43. The average molecular weight is 159 g/mol. The maximum atomic E-state index is 5.49. The average Bonchev–Trinajstić information content (AvgIpc) is 1.95. The number of nitrogens with two attached hydrogens (primary N) is 1. The van der Waals surface area contributed by atoms with Crippen molar-refractivity contribution in [2.45, 2.75) is 6.54 Å². The van der Waals surface area contributed by atoms with Crippen LogP contribution in [0.3, 0.4) is 0 Å². The first-order chi connectivity index (χ1) is 4.83. The Hall–Kier alpha value is -0.710. The minimum absolute atomic E-state index is 0.390. The third-order valence-electron chi connectivity index (χ3n) is 0.970. The van der Waals surface area contributed by atoms with Crippen molar-refractivity contribution in [3.8, 4) is 0 Å². The van der Waals surface area contributed by atoms with Gasteiger partial charge in [0.15, 0.2) is 5.15 Å². The molecule has 1 rings (SSSR count). The second-order valence-corrected chi connectivity index (χ2v) is 2.12. The van der Waals surface area contributed by atoms with Gasteiger partial charge in [0.25, 0.3) is 0 Å². The molecule has 3 N–H and O–H groups in total. The molecule has 0 unspecified atom stereocenters. The van der Waals surface area contributed by atoms with Crippen LogP contribution < -0.4 is 11.3 Å².